The SMILES string of the molecule is CC=CC[C@H](C)[C@@H](O)[C@H]1C(=O)N[C@@H](CC)C(=O)N(C)CC(=O)N(C)[C@@H](CC(C)C)C(=O)N[C@@H](C(C)C)C(=O)N(C)[C@@H](CC(C)C)C(=O)N[C@@H](C)C(=O)N[C@H](C)C(=O)N(C)[C@@H](C(C)C)C(=O)N(C)[C@@H](CC(C)C)C(=O)N(C)[C@@H](C(C)C)C(=O)N1C. The van der Waals surface area contributed by atoms with Gasteiger partial charge in [-0.25, -0.2) is 0 Å². The molecule has 1 aliphatic rings. The van der Waals surface area contributed by atoms with Crippen molar-refractivity contribution in [2.45, 2.75) is 216 Å². The zero-order valence-electron chi connectivity index (χ0n) is 55.4. The predicted octanol–water partition coefficient (Wildman–Crippen LogP) is 2.88. The van der Waals surface area contributed by atoms with Gasteiger partial charge in [-0.3, -0.25) is 52.7 Å². The number of carbonyl (C=O) groups is 11. The van der Waals surface area contributed by atoms with Crippen molar-refractivity contribution in [2.75, 3.05) is 55.9 Å². The molecule has 480 valence electrons. The highest BCUT2D eigenvalue weighted by atomic mass is 16.3. The number of likely N-dealkylation sites (N-methyl/N-ethyl adjacent to an activating group) is 7. The number of aliphatic hydroxyl groups is 1. The summed E-state index contributed by atoms with van der Waals surface area (Å²) in [5.41, 5.74) is 0. The van der Waals surface area contributed by atoms with E-state index in [-0.39, 0.29) is 43.4 Å². The third kappa shape index (κ3) is 20.5. The van der Waals surface area contributed by atoms with E-state index in [1.165, 1.54) is 87.7 Å². The van der Waals surface area contributed by atoms with Crippen LogP contribution in [0.15, 0.2) is 12.2 Å². The largest absolute Gasteiger partial charge is 0.390 e. The van der Waals surface area contributed by atoms with Crippen LogP contribution >= 0.6 is 0 Å². The fourth-order valence-electron chi connectivity index (χ4n) is 10.7. The van der Waals surface area contributed by atoms with E-state index in [9.17, 15) is 48.3 Å². The van der Waals surface area contributed by atoms with Gasteiger partial charge in [-0.15, -0.1) is 0 Å². The number of allylic oxidation sites excluding steroid dienone is 2. The number of hydrogen-bond acceptors (Lipinski definition) is 12. The molecule has 5 N–H and O–H groups in total. The van der Waals surface area contributed by atoms with Crippen LogP contribution in [-0.4, -0.2) is 227 Å². The molecule has 0 aromatic carbocycles. The minimum Gasteiger partial charge on any atom is -0.390 e. The van der Waals surface area contributed by atoms with E-state index in [2.05, 4.69) is 21.3 Å². The number of rotatable bonds is 14. The molecule has 12 atom stereocenters. The van der Waals surface area contributed by atoms with Gasteiger partial charge in [-0.2, -0.15) is 0 Å². The van der Waals surface area contributed by atoms with E-state index in [0.717, 1.165) is 9.80 Å². The Morgan fingerprint density at radius 2 is 0.881 bits per heavy atom. The van der Waals surface area contributed by atoms with Crippen molar-refractivity contribution >= 4 is 65.0 Å². The summed E-state index contributed by atoms with van der Waals surface area (Å²) in [7, 11) is 9.87. The Morgan fingerprint density at radius 3 is 1.33 bits per heavy atom. The molecule has 0 saturated carbocycles. The molecule has 0 unspecified atom stereocenters. The van der Waals surface area contributed by atoms with Crippen LogP contribution < -0.4 is 21.3 Å². The zero-order valence-corrected chi connectivity index (χ0v) is 55.4. The third-order valence-corrected chi connectivity index (χ3v) is 15.9. The lowest BCUT2D eigenvalue weighted by atomic mass is 9.91. The van der Waals surface area contributed by atoms with E-state index >= 15 is 9.59 Å². The second-order valence-corrected chi connectivity index (χ2v) is 25.6. The minimum atomic E-state index is -1.61. The van der Waals surface area contributed by atoms with Gasteiger partial charge in [-0.05, 0) is 94.3 Å². The first-order chi connectivity index (χ1) is 38.7. The fraction of sp³-hybridized carbons (Fsp3) is 0.787. The van der Waals surface area contributed by atoms with Crippen LogP contribution in [0.1, 0.15) is 150 Å². The summed E-state index contributed by atoms with van der Waals surface area (Å²) in [6.07, 6.45) is 2.88. The number of nitrogens with one attached hydrogen (secondary N) is 4. The van der Waals surface area contributed by atoms with Crippen molar-refractivity contribution in [3.05, 3.63) is 12.2 Å². The Kier molecular flexibility index (Phi) is 30.8. The first kappa shape index (κ1) is 75.9. The Morgan fingerprint density at radius 1 is 0.464 bits per heavy atom. The molecule has 0 radical (unpaired) electrons. The van der Waals surface area contributed by atoms with Gasteiger partial charge in [0.1, 0.15) is 60.4 Å². The van der Waals surface area contributed by atoms with Crippen molar-refractivity contribution in [1.29, 1.82) is 0 Å². The molecule has 1 fully saturated rings. The lowest BCUT2D eigenvalue weighted by molar-refractivity contribution is -0.158. The third-order valence-electron chi connectivity index (χ3n) is 15.9. The van der Waals surface area contributed by atoms with Crippen molar-refractivity contribution in [3.8, 4) is 0 Å². The Bertz CT molecular complexity index is 2310. The molecule has 84 heavy (non-hydrogen) atoms. The van der Waals surface area contributed by atoms with Gasteiger partial charge in [0.2, 0.25) is 65.0 Å². The number of hydrogen-bond donors (Lipinski definition) is 5. The maximum Gasteiger partial charge on any atom is 0.246 e. The molecule has 1 saturated heterocycles. The van der Waals surface area contributed by atoms with E-state index in [1.807, 2.05) is 41.5 Å². The molecule has 0 bridgehead atoms. The number of aliphatic hydroxyl groups excluding tert-OH is 1. The van der Waals surface area contributed by atoms with Gasteiger partial charge < -0.3 is 60.7 Å². The molecule has 1 aliphatic heterocycles. The summed E-state index contributed by atoms with van der Waals surface area (Å²) in [5, 5.41) is 23.0. The summed E-state index contributed by atoms with van der Waals surface area (Å²) in [6.45, 7) is 29.0. The van der Waals surface area contributed by atoms with Crippen molar-refractivity contribution in [3.63, 3.8) is 0 Å². The van der Waals surface area contributed by atoms with Crippen molar-refractivity contribution in [2.24, 2.45) is 41.4 Å². The van der Waals surface area contributed by atoms with Crippen molar-refractivity contribution < 1.29 is 57.8 Å². The topological polar surface area (TPSA) is 279 Å². The summed E-state index contributed by atoms with van der Waals surface area (Å²) in [5.74, 6) is -10.1. The highest BCUT2D eigenvalue weighted by molar-refractivity contribution is 5.99. The highest BCUT2D eigenvalue weighted by Crippen LogP contribution is 2.25. The number of nitrogens with zero attached hydrogens (tertiary/aromatic N) is 7. The maximum atomic E-state index is 15.1. The average Bonchev–Trinajstić information content (AvgIpc) is 2.94. The molecule has 1 rings (SSSR count). The molecular weight excluding hydrogens is 1080 g/mol. The van der Waals surface area contributed by atoms with E-state index in [4.69, 9.17) is 0 Å². The van der Waals surface area contributed by atoms with Crippen LogP contribution in [-0.2, 0) is 52.7 Å². The van der Waals surface area contributed by atoms with Crippen LogP contribution in [0, 0.1) is 41.4 Å². The minimum absolute atomic E-state index is 0.0225. The number of carbonyl (C=O) groups excluding carboxylic acids is 11. The van der Waals surface area contributed by atoms with Gasteiger partial charge in [-0.1, -0.05) is 109 Å². The quantitative estimate of drug-likeness (QED) is 0.157. The molecule has 11 amide bonds. The standard InChI is InChI=1S/C61H109N11O12/c1-25-27-28-39(15)51(74)50-55(78)64-42(26-2)57(80)66(18)32-46(73)67(19)43(29-33(3)4)54(77)65-47(36(9)10)59(82)68(20)44(30-34(5)6)53(76)62-40(16)52(75)63-41(17)56(79)70(22)48(37(11)12)60(83)69(21)45(31-35(7)8)58(81)71(23)49(38(13)14)61(84)72(50)24/h25,27,33-45,47-51,74H,26,28-32H2,1-24H3,(H,62,76)(H,63,75)(H,64,78)(H,65,77)/t39-,40-,41+,42-,43-,44-,45-,47-,48-,49-,50-,51+/m0/s1. The highest BCUT2D eigenvalue weighted by Gasteiger charge is 2.46. The van der Waals surface area contributed by atoms with Gasteiger partial charge >= 0.3 is 0 Å². The first-order valence-electron chi connectivity index (χ1n) is 30.1. The van der Waals surface area contributed by atoms with Crippen LogP contribution in [0.4, 0.5) is 0 Å². The lowest BCUT2D eigenvalue weighted by Gasteiger charge is -2.42. The van der Waals surface area contributed by atoms with Gasteiger partial charge in [0.05, 0.1) is 12.6 Å². The number of amides is 11. The normalized spacial score (nSPS) is 27.1. The Hall–Kier alpha value is -6.13. The van der Waals surface area contributed by atoms with Crippen LogP contribution in [0.25, 0.3) is 0 Å². The molecule has 0 aromatic rings. The average molecular weight is 1190 g/mol. The fourth-order valence-corrected chi connectivity index (χ4v) is 10.7. The van der Waals surface area contributed by atoms with E-state index < -0.39 is 162 Å². The molecule has 0 spiro atoms. The Balaban J connectivity index is 4.30. The van der Waals surface area contributed by atoms with E-state index in [0.29, 0.717) is 6.42 Å². The summed E-state index contributed by atoms with van der Waals surface area (Å²) >= 11 is 0. The first-order valence-corrected chi connectivity index (χ1v) is 30.1. The van der Waals surface area contributed by atoms with Crippen LogP contribution in [0.2, 0.25) is 0 Å². The molecule has 0 aromatic heterocycles. The summed E-state index contributed by atoms with van der Waals surface area (Å²) < 4.78 is 0. The van der Waals surface area contributed by atoms with Gasteiger partial charge in [0.25, 0.3) is 0 Å². The second kappa shape index (κ2) is 34.1. The lowest BCUT2D eigenvalue weighted by Crippen LogP contribution is -2.63. The van der Waals surface area contributed by atoms with E-state index in [1.54, 1.807) is 74.5 Å². The Labute approximate surface area is 502 Å². The van der Waals surface area contributed by atoms with Gasteiger partial charge in [0, 0.05) is 49.3 Å². The van der Waals surface area contributed by atoms with Crippen molar-refractivity contribution in [1.82, 2.24) is 55.6 Å². The molecule has 23 nitrogen and oxygen atoms in total. The molecule has 23 heteroatoms. The zero-order chi connectivity index (χ0) is 65.3. The summed E-state index contributed by atoms with van der Waals surface area (Å²) in [6, 6.07) is -12.4. The predicted molar refractivity (Wildman–Crippen MR) is 324 cm³/mol. The maximum absolute atomic E-state index is 15.1. The summed E-state index contributed by atoms with van der Waals surface area (Å²) in [4.78, 5) is 168. The van der Waals surface area contributed by atoms with Crippen LogP contribution in [0.5, 0.6) is 0 Å². The molecule has 0 aliphatic carbocycles. The molecule has 1 heterocycles. The monoisotopic (exact) mass is 1190 g/mol. The van der Waals surface area contributed by atoms with Crippen LogP contribution in [0.3, 0.4) is 0 Å². The molecular formula is C61H109N11O12. The van der Waals surface area contributed by atoms with Gasteiger partial charge in [0.15, 0.2) is 0 Å². The second-order valence-electron chi connectivity index (χ2n) is 25.6. The smallest absolute Gasteiger partial charge is 0.246 e.